The van der Waals surface area contributed by atoms with Crippen LogP contribution in [-0.4, -0.2) is 4.57 Å². The molecule has 0 saturated carbocycles. The molecule has 4 rings (SSSR count). The largest absolute Gasteiger partial charge is 0.343 e. The highest BCUT2D eigenvalue weighted by molar-refractivity contribution is 6.10. The maximum Gasteiger partial charge on any atom is 0.0518 e. The van der Waals surface area contributed by atoms with Gasteiger partial charge in [0.1, 0.15) is 0 Å². The molecule has 0 aliphatic rings. The normalized spacial score (nSPS) is 11.3. The van der Waals surface area contributed by atoms with E-state index in [4.69, 9.17) is 0 Å². The molecule has 0 saturated heterocycles. The third-order valence-corrected chi connectivity index (χ3v) is 4.30. The van der Waals surface area contributed by atoms with Crippen molar-refractivity contribution < 1.29 is 0 Å². The summed E-state index contributed by atoms with van der Waals surface area (Å²) < 4.78 is 2.30. The van der Waals surface area contributed by atoms with Crippen LogP contribution < -0.4 is 0 Å². The van der Waals surface area contributed by atoms with E-state index < -0.39 is 0 Å². The van der Waals surface area contributed by atoms with E-state index in [1.807, 2.05) is 0 Å². The Hall–Kier alpha value is -2.54. The molecule has 0 spiro atoms. The van der Waals surface area contributed by atoms with E-state index in [0.717, 1.165) is 0 Å². The van der Waals surface area contributed by atoms with Gasteiger partial charge in [0.25, 0.3) is 0 Å². The molecule has 0 unspecified atom stereocenters. The van der Waals surface area contributed by atoms with Gasteiger partial charge in [-0.25, -0.2) is 0 Å². The van der Waals surface area contributed by atoms with Crippen molar-refractivity contribution in [2.45, 2.75) is 6.92 Å². The standard InChI is InChI=1S/C20H17N/c1-14-12-16(15-8-4-3-5-9-15)13-18-17-10-6-7-11-19(17)21(2)20(14)18/h3-13H,1-2H3. The van der Waals surface area contributed by atoms with Gasteiger partial charge in [-0.3, -0.25) is 0 Å². The Kier molecular flexibility index (Phi) is 2.61. The average Bonchev–Trinajstić information content (AvgIpc) is 2.82. The molecule has 0 amide bonds. The van der Waals surface area contributed by atoms with Gasteiger partial charge >= 0.3 is 0 Å². The zero-order chi connectivity index (χ0) is 14.4. The van der Waals surface area contributed by atoms with Crippen LogP contribution in [0, 0.1) is 6.92 Å². The number of nitrogens with zero attached hydrogens (tertiary/aromatic N) is 1. The molecular weight excluding hydrogens is 254 g/mol. The number of benzene rings is 3. The Labute approximate surface area is 124 Å². The van der Waals surface area contributed by atoms with Crippen molar-refractivity contribution in [3.8, 4) is 11.1 Å². The smallest absolute Gasteiger partial charge is 0.0518 e. The zero-order valence-electron chi connectivity index (χ0n) is 12.3. The lowest BCUT2D eigenvalue weighted by Crippen LogP contribution is -1.89. The average molecular weight is 271 g/mol. The van der Waals surface area contributed by atoms with Crippen LogP contribution in [-0.2, 0) is 7.05 Å². The molecule has 0 bridgehead atoms. The lowest BCUT2D eigenvalue weighted by atomic mass is 10.00. The highest BCUT2D eigenvalue weighted by atomic mass is 14.9. The van der Waals surface area contributed by atoms with E-state index in [1.54, 1.807) is 0 Å². The van der Waals surface area contributed by atoms with Crippen LogP contribution in [0.15, 0.2) is 66.7 Å². The fraction of sp³-hybridized carbons (Fsp3) is 0.100. The van der Waals surface area contributed by atoms with Gasteiger partial charge in [-0.1, -0.05) is 48.5 Å². The van der Waals surface area contributed by atoms with E-state index in [2.05, 4.69) is 85.3 Å². The summed E-state index contributed by atoms with van der Waals surface area (Å²) in [7, 11) is 2.15. The maximum atomic E-state index is 2.32. The Morgan fingerprint density at radius 3 is 2.24 bits per heavy atom. The Morgan fingerprint density at radius 2 is 1.43 bits per heavy atom. The van der Waals surface area contributed by atoms with E-state index in [-0.39, 0.29) is 0 Å². The molecule has 0 aliphatic heterocycles. The first kappa shape index (κ1) is 12.2. The van der Waals surface area contributed by atoms with Crippen molar-refractivity contribution in [3.63, 3.8) is 0 Å². The van der Waals surface area contributed by atoms with Crippen LogP contribution in [0.4, 0.5) is 0 Å². The van der Waals surface area contributed by atoms with E-state index in [0.29, 0.717) is 0 Å². The number of hydrogen-bond donors (Lipinski definition) is 0. The molecule has 0 fully saturated rings. The summed E-state index contributed by atoms with van der Waals surface area (Å²) in [6, 6.07) is 23.8. The summed E-state index contributed by atoms with van der Waals surface area (Å²) in [6.07, 6.45) is 0. The topological polar surface area (TPSA) is 4.93 Å². The van der Waals surface area contributed by atoms with Crippen molar-refractivity contribution >= 4 is 21.8 Å². The van der Waals surface area contributed by atoms with Crippen molar-refractivity contribution in [1.82, 2.24) is 4.57 Å². The van der Waals surface area contributed by atoms with Gasteiger partial charge in [0, 0.05) is 23.3 Å². The second-order valence-electron chi connectivity index (χ2n) is 5.63. The van der Waals surface area contributed by atoms with Gasteiger partial charge in [0.05, 0.1) is 5.52 Å². The highest BCUT2D eigenvalue weighted by Crippen LogP contribution is 2.34. The molecule has 1 heteroatoms. The van der Waals surface area contributed by atoms with Gasteiger partial charge in [-0.15, -0.1) is 0 Å². The number of hydrogen-bond acceptors (Lipinski definition) is 0. The van der Waals surface area contributed by atoms with Gasteiger partial charge < -0.3 is 4.57 Å². The molecule has 1 aromatic heterocycles. The fourth-order valence-electron chi connectivity index (χ4n) is 3.34. The molecule has 21 heavy (non-hydrogen) atoms. The van der Waals surface area contributed by atoms with Crippen molar-refractivity contribution in [3.05, 3.63) is 72.3 Å². The third kappa shape index (κ3) is 1.78. The number of para-hydroxylation sites is 1. The number of aromatic nitrogens is 1. The first-order valence-corrected chi connectivity index (χ1v) is 7.29. The third-order valence-electron chi connectivity index (χ3n) is 4.30. The summed E-state index contributed by atoms with van der Waals surface area (Å²) in [5.41, 5.74) is 6.51. The molecular formula is C20H17N. The quantitative estimate of drug-likeness (QED) is 0.442. The van der Waals surface area contributed by atoms with Crippen LogP contribution in [0.5, 0.6) is 0 Å². The van der Waals surface area contributed by atoms with Crippen molar-refractivity contribution in [2.24, 2.45) is 7.05 Å². The molecule has 3 aromatic carbocycles. The lowest BCUT2D eigenvalue weighted by molar-refractivity contribution is 1.01. The van der Waals surface area contributed by atoms with Gasteiger partial charge in [0.15, 0.2) is 0 Å². The maximum absolute atomic E-state index is 2.32. The molecule has 0 atom stereocenters. The Morgan fingerprint density at radius 1 is 0.714 bits per heavy atom. The minimum absolute atomic E-state index is 1.27. The van der Waals surface area contributed by atoms with Gasteiger partial charge in [0.2, 0.25) is 0 Å². The van der Waals surface area contributed by atoms with Crippen LogP contribution in [0.1, 0.15) is 5.56 Å². The van der Waals surface area contributed by atoms with Crippen molar-refractivity contribution in [1.29, 1.82) is 0 Å². The van der Waals surface area contributed by atoms with Crippen LogP contribution in [0.3, 0.4) is 0 Å². The zero-order valence-corrected chi connectivity index (χ0v) is 12.3. The molecule has 0 N–H and O–H groups in total. The number of rotatable bonds is 1. The molecule has 0 radical (unpaired) electrons. The van der Waals surface area contributed by atoms with E-state index >= 15 is 0 Å². The first-order chi connectivity index (χ1) is 10.3. The summed E-state index contributed by atoms with van der Waals surface area (Å²) in [6.45, 7) is 2.20. The minimum Gasteiger partial charge on any atom is -0.343 e. The van der Waals surface area contributed by atoms with E-state index in [1.165, 1.54) is 38.5 Å². The monoisotopic (exact) mass is 271 g/mol. The van der Waals surface area contributed by atoms with Crippen LogP contribution in [0.2, 0.25) is 0 Å². The second-order valence-corrected chi connectivity index (χ2v) is 5.63. The SMILES string of the molecule is Cc1cc(-c2ccccc2)cc2c3ccccc3n(C)c12. The van der Waals surface area contributed by atoms with Crippen LogP contribution in [0.25, 0.3) is 32.9 Å². The Balaban J connectivity index is 2.13. The molecule has 1 heterocycles. The first-order valence-electron chi connectivity index (χ1n) is 7.29. The fourth-order valence-corrected chi connectivity index (χ4v) is 3.34. The van der Waals surface area contributed by atoms with Gasteiger partial charge in [-0.2, -0.15) is 0 Å². The number of aryl methyl sites for hydroxylation is 2. The molecule has 102 valence electrons. The Bertz CT molecular complexity index is 946. The summed E-state index contributed by atoms with van der Waals surface area (Å²) in [5, 5.41) is 2.67. The van der Waals surface area contributed by atoms with E-state index in [9.17, 15) is 0 Å². The summed E-state index contributed by atoms with van der Waals surface area (Å²) in [5.74, 6) is 0. The van der Waals surface area contributed by atoms with Crippen LogP contribution >= 0.6 is 0 Å². The lowest BCUT2D eigenvalue weighted by Gasteiger charge is -2.07. The molecule has 4 aromatic rings. The predicted molar refractivity (Wildman–Crippen MR) is 90.6 cm³/mol. The van der Waals surface area contributed by atoms with Gasteiger partial charge in [-0.05, 0) is 41.8 Å². The summed E-state index contributed by atoms with van der Waals surface area (Å²) >= 11 is 0. The predicted octanol–water partition coefficient (Wildman–Crippen LogP) is 5.31. The number of fused-ring (bicyclic) bond motifs is 3. The summed E-state index contributed by atoms with van der Waals surface area (Å²) in [4.78, 5) is 0. The minimum atomic E-state index is 1.27. The molecule has 1 nitrogen and oxygen atoms in total. The second kappa shape index (κ2) is 4.49. The highest BCUT2D eigenvalue weighted by Gasteiger charge is 2.11. The van der Waals surface area contributed by atoms with Crippen molar-refractivity contribution in [2.75, 3.05) is 0 Å². The molecule has 0 aliphatic carbocycles.